The molecule has 1 aliphatic rings. The molecule has 150 valence electrons. The van der Waals surface area contributed by atoms with E-state index in [-0.39, 0.29) is 40.8 Å². The number of ether oxygens (including phenoxy) is 1. The van der Waals surface area contributed by atoms with Gasteiger partial charge in [-0.05, 0) is 51.1 Å². The molecule has 2 aromatic rings. The van der Waals surface area contributed by atoms with E-state index in [0.717, 1.165) is 5.56 Å². The summed E-state index contributed by atoms with van der Waals surface area (Å²) in [6.07, 6.45) is -0.435. The van der Waals surface area contributed by atoms with E-state index in [1.54, 1.807) is 12.1 Å². The number of benzene rings is 2. The zero-order valence-corrected chi connectivity index (χ0v) is 17.5. The van der Waals surface area contributed by atoms with Crippen LogP contribution in [0.15, 0.2) is 47.4 Å². The SMILES string of the molecule is Cc1ccc(NC(=O)c2ccc(Cl)c(S(=O)(=O)N3C[C@@H](C)O[C@@H](C)C3)c2)cc1. The summed E-state index contributed by atoms with van der Waals surface area (Å²) >= 11 is 6.19. The highest BCUT2D eigenvalue weighted by atomic mass is 35.5. The number of sulfonamides is 1. The molecule has 6 nitrogen and oxygen atoms in total. The Hall–Kier alpha value is -1.93. The fourth-order valence-corrected chi connectivity index (χ4v) is 5.24. The number of nitrogens with zero attached hydrogens (tertiary/aromatic N) is 1. The lowest BCUT2D eigenvalue weighted by Crippen LogP contribution is -2.48. The standard InChI is InChI=1S/C20H23ClN2O4S/c1-13-4-7-17(8-5-13)22-20(24)16-6-9-18(21)19(10-16)28(25,26)23-11-14(2)27-15(3)12-23/h4-10,14-15H,11-12H2,1-3H3,(H,22,24)/t14-,15+. The van der Waals surface area contributed by atoms with E-state index < -0.39 is 15.9 Å². The molecule has 28 heavy (non-hydrogen) atoms. The van der Waals surface area contributed by atoms with Crippen LogP contribution in [-0.2, 0) is 14.8 Å². The largest absolute Gasteiger partial charge is 0.373 e. The first-order valence-corrected chi connectivity index (χ1v) is 10.8. The third-order valence-corrected chi connectivity index (χ3v) is 6.82. The Bertz CT molecular complexity index is 966. The van der Waals surface area contributed by atoms with Gasteiger partial charge in [-0.2, -0.15) is 4.31 Å². The maximum absolute atomic E-state index is 13.1. The molecule has 1 saturated heterocycles. The second-order valence-corrected chi connectivity index (χ2v) is 9.36. The first-order valence-electron chi connectivity index (χ1n) is 9.00. The molecule has 3 rings (SSSR count). The van der Waals surface area contributed by atoms with Crippen molar-refractivity contribution in [3.8, 4) is 0 Å². The van der Waals surface area contributed by atoms with Crippen LogP contribution in [-0.4, -0.2) is 43.9 Å². The van der Waals surface area contributed by atoms with Crippen LogP contribution in [0.3, 0.4) is 0 Å². The van der Waals surface area contributed by atoms with Gasteiger partial charge in [0.15, 0.2) is 0 Å². The summed E-state index contributed by atoms with van der Waals surface area (Å²) in [7, 11) is -3.85. The van der Waals surface area contributed by atoms with Crippen LogP contribution < -0.4 is 5.32 Å². The second kappa shape index (κ2) is 8.21. The van der Waals surface area contributed by atoms with Gasteiger partial charge in [0.05, 0.1) is 17.2 Å². The average molecular weight is 423 g/mol. The normalized spacial score (nSPS) is 20.7. The Labute approximate surface area is 170 Å². The maximum atomic E-state index is 13.1. The van der Waals surface area contributed by atoms with Gasteiger partial charge in [0.25, 0.3) is 5.91 Å². The molecule has 0 bridgehead atoms. The number of nitrogens with one attached hydrogen (secondary N) is 1. The maximum Gasteiger partial charge on any atom is 0.255 e. The number of carbonyl (C=O) groups is 1. The average Bonchev–Trinajstić information content (AvgIpc) is 2.63. The van der Waals surface area contributed by atoms with Crippen molar-refractivity contribution in [1.82, 2.24) is 4.31 Å². The second-order valence-electron chi connectivity index (χ2n) is 7.04. The van der Waals surface area contributed by atoms with Crippen molar-refractivity contribution >= 4 is 33.2 Å². The van der Waals surface area contributed by atoms with E-state index in [2.05, 4.69) is 5.32 Å². The number of amides is 1. The van der Waals surface area contributed by atoms with Gasteiger partial charge in [0.1, 0.15) is 4.90 Å². The highest BCUT2D eigenvalue weighted by molar-refractivity contribution is 7.89. The molecular formula is C20H23ClN2O4S. The summed E-state index contributed by atoms with van der Waals surface area (Å²) in [6.45, 7) is 6.08. The third kappa shape index (κ3) is 4.55. The van der Waals surface area contributed by atoms with Gasteiger partial charge in [-0.15, -0.1) is 0 Å². The van der Waals surface area contributed by atoms with E-state index >= 15 is 0 Å². The molecule has 0 spiro atoms. The predicted molar refractivity (Wildman–Crippen MR) is 109 cm³/mol. The van der Waals surface area contributed by atoms with Crippen LogP contribution in [0.1, 0.15) is 29.8 Å². The molecule has 1 N–H and O–H groups in total. The van der Waals surface area contributed by atoms with Crippen LogP contribution in [0.2, 0.25) is 5.02 Å². The minimum absolute atomic E-state index is 0.0768. The first kappa shape index (κ1) is 20.8. The van der Waals surface area contributed by atoms with Crippen molar-refractivity contribution in [2.45, 2.75) is 37.9 Å². The molecular weight excluding hydrogens is 400 g/mol. The summed E-state index contributed by atoms with van der Waals surface area (Å²) in [6, 6.07) is 11.6. The molecule has 2 atom stereocenters. The number of halogens is 1. The summed E-state index contributed by atoms with van der Waals surface area (Å²) in [5.41, 5.74) is 1.93. The fourth-order valence-electron chi connectivity index (χ4n) is 3.15. The van der Waals surface area contributed by atoms with Crippen molar-refractivity contribution in [2.75, 3.05) is 18.4 Å². The van der Waals surface area contributed by atoms with Gasteiger partial charge in [-0.1, -0.05) is 29.3 Å². The van der Waals surface area contributed by atoms with E-state index in [4.69, 9.17) is 16.3 Å². The van der Waals surface area contributed by atoms with Crippen LogP contribution in [0.25, 0.3) is 0 Å². The van der Waals surface area contributed by atoms with Crippen molar-refractivity contribution in [2.24, 2.45) is 0 Å². The smallest absolute Gasteiger partial charge is 0.255 e. The molecule has 1 fully saturated rings. The van der Waals surface area contributed by atoms with Crippen molar-refractivity contribution in [1.29, 1.82) is 0 Å². The van der Waals surface area contributed by atoms with Crippen LogP contribution in [0.4, 0.5) is 5.69 Å². The van der Waals surface area contributed by atoms with Crippen molar-refractivity contribution in [3.05, 3.63) is 58.6 Å². The Morgan fingerprint density at radius 2 is 1.71 bits per heavy atom. The fraction of sp³-hybridized carbons (Fsp3) is 0.350. The molecule has 0 unspecified atom stereocenters. The van der Waals surface area contributed by atoms with Crippen molar-refractivity contribution in [3.63, 3.8) is 0 Å². The van der Waals surface area contributed by atoms with E-state index in [1.807, 2.05) is 32.9 Å². The molecule has 8 heteroatoms. The monoisotopic (exact) mass is 422 g/mol. The number of rotatable bonds is 4. The molecule has 1 aliphatic heterocycles. The summed E-state index contributed by atoms with van der Waals surface area (Å²) in [5.74, 6) is -0.402. The molecule has 0 aromatic heterocycles. The zero-order chi connectivity index (χ0) is 20.5. The van der Waals surface area contributed by atoms with Crippen LogP contribution >= 0.6 is 11.6 Å². The van der Waals surface area contributed by atoms with Crippen LogP contribution in [0, 0.1) is 6.92 Å². The Balaban J connectivity index is 1.88. The summed E-state index contributed by atoms with van der Waals surface area (Å²) < 4.78 is 33.2. The topological polar surface area (TPSA) is 75.7 Å². The third-order valence-electron chi connectivity index (χ3n) is 4.51. The Morgan fingerprint density at radius 3 is 2.32 bits per heavy atom. The van der Waals surface area contributed by atoms with E-state index in [9.17, 15) is 13.2 Å². The molecule has 1 amide bonds. The van der Waals surface area contributed by atoms with Crippen LogP contribution in [0.5, 0.6) is 0 Å². The quantitative estimate of drug-likeness (QED) is 0.815. The molecule has 2 aromatic carbocycles. The summed E-state index contributed by atoms with van der Waals surface area (Å²) in [5, 5.41) is 2.85. The molecule has 0 saturated carbocycles. The predicted octanol–water partition coefficient (Wildman–Crippen LogP) is 3.70. The lowest BCUT2D eigenvalue weighted by Gasteiger charge is -2.34. The minimum Gasteiger partial charge on any atom is -0.373 e. The number of aryl methyl sites for hydroxylation is 1. The Kier molecular flexibility index (Phi) is 6.09. The zero-order valence-electron chi connectivity index (χ0n) is 16.0. The van der Waals surface area contributed by atoms with Gasteiger partial charge in [-0.3, -0.25) is 4.79 Å². The van der Waals surface area contributed by atoms with Gasteiger partial charge in [0, 0.05) is 24.3 Å². The number of carbonyl (C=O) groups excluding carboxylic acids is 1. The lowest BCUT2D eigenvalue weighted by molar-refractivity contribution is -0.0440. The molecule has 0 aliphatic carbocycles. The summed E-state index contributed by atoms with van der Waals surface area (Å²) in [4.78, 5) is 12.5. The lowest BCUT2D eigenvalue weighted by atomic mass is 10.2. The number of hydrogen-bond acceptors (Lipinski definition) is 4. The minimum atomic E-state index is -3.85. The number of anilines is 1. The van der Waals surface area contributed by atoms with Gasteiger partial charge in [-0.25, -0.2) is 8.42 Å². The molecule has 1 heterocycles. The van der Waals surface area contributed by atoms with Gasteiger partial charge >= 0.3 is 0 Å². The van der Waals surface area contributed by atoms with Crippen molar-refractivity contribution < 1.29 is 17.9 Å². The van der Waals surface area contributed by atoms with E-state index in [0.29, 0.717) is 5.69 Å². The molecule has 0 radical (unpaired) electrons. The number of morpholine rings is 1. The number of hydrogen-bond donors (Lipinski definition) is 1. The highest BCUT2D eigenvalue weighted by Crippen LogP contribution is 2.28. The first-order chi connectivity index (χ1) is 13.2. The van der Waals surface area contributed by atoms with Gasteiger partial charge < -0.3 is 10.1 Å². The Morgan fingerprint density at radius 1 is 1.11 bits per heavy atom. The van der Waals surface area contributed by atoms with E-state index in [1.165, 1.54) is 22.5 Å². The highest BCUT2D eigenvalue weighted by Gasteiger charge is 2.33. The van der Waals surface area contributed by atoms with Gasteiger partial charge in [0.2, 0.25) is 10.0 Å².